The van der Waals surface area contributed by atoms with Crippen molar-refractivity contribution in [1.82, 2.24) is 34.1 Å². The molecule has 194 valence electrons. The number of esters is 1. The summed E-state index contributed by atoms with van der Waals surface area (Å²) in [6, 6.07) is 7.30. The molecule has 0 saturated heterocycles. The van der Waals surface area contributed by atoms with Crippen LogP contribution in [0.5, 0.6) is 0 Å². The Morgan fingerprint density at radius 2 is 1.86 bits per heavy atom. The molecule has 0 aliphatic heterocycles. The molecule has 0 unspecified atom stereocenters. The fourth-order valence-electron chi connectivity index (χ4n) is 3.27. The predicted molar refractivity (Wildman–Crippen MR) is 124 cm³/mol. The predicted octanol–water partition coefficient (Wildman–Crippen LogP) is 2.75. The average Bonchev–Trinajstić information content (AvgIpc) is 3.40. The Morgan fingerprint density at radius 1 is 1.16 bits per heavy atom. The number of carbonyl (C=O) groups is 1. The number of halogens is 5. The maximum absolute atomic E-state index is 13.1. The SMILES string of the molecule is COC(=O)c1nc(Cn2nc(-c3ccc(Cl)cc3)n(C[C@H](O)C(F)(F)F)c2=O)nn1-c1cnccc1Cl. The quantitative estimate of drug-likeness (QED) is 0.343. The van der Waals surface area contributed by atoms with Crippen molar-refractivity contribution in [3.63, 3.8) is 0 Å². The summed E-state index contributed by atoms with van der Waals surface area (Å²) in [6.45, 7) is -1.55. The third-order valence-corrected chi connectivity index (χ3v) is 5.62. The molecule has 11 nitrogen and oxygen atoms in total. The second-order valence-electron chi connectivity index (χ2n) is 7.52. The Labute approximate surface area is 215 Å². The van der Waals surface area contributed by atoms with Gasteiger partial charge in [0.05, 0.1) is 24.9 Å². The van der Waals surface area contributed by atoms with Crippen LogP contribution in [0, 0.1) is 0 Å². The molecule has 0 aliphatic rings. The second-order valence-corrected chi connectivity index (χ2v) is 8.36. The lowest BCUT2D eigenvalue weighted by molar-refractivity contribution is -0.207. The van der Waals surface area contributed by atoms with Crippen LogP contribution >= 0.6 is 23.2 Å². The number of pyridine rings is 1. The third-order valence-electron chi connectivity index (χ3n) is 5.05. The van der Waals surface area contributed by atoms with Crippen molar-refractivity contribution in [3.8, 4) is 17.1 Å². The number of aliphatic hydroxyl groups is 1. The molecule has 0 fully saturated rings. The number of hydrogen-bond donors (Lipinski definition) is 1. The molecule has 1 aromatic carbocycles. The van der Waals surface area contributed by atoms with Gasteiger partial charge in [0, 0.05) is 16.8 Å². The zero-order valence-electron chi connectivity index (χ0n) is 18.7. The van der Waals surface area contributed by atoms with E-state index >= 15 is 0 Å². The number of ether oxygens (including phenoxy) is 1. The number of nitrogens with zero attached hydrogens (tertiary/aromatic N) is 7. The molecule has 0 amide bonds. The third kappa shape index (κ3) is 5.50. The van der Waals surface area contributed by atoms with Crippen molar-refractivity contribution in [2.75, 3.05) is 7.11 Å². The molecule has 0 spiro atoms. The molecular formula is C21H16Cl2F3N7O4. The Kier molecular flexibility index (Phi) is 7.34. The van der Waals surface area contributed by atoms with Crippen LogP contribution in [0.25, 0.3) is 17.1 Å². The first-order chi connectivity index (χ1) is 17.5. The lowest BCUT2D eigenvalue weighted by Crippen LogP contribution is -2.37. The number of aliphatic hydroxyl groups excluding tert-OH is 1. The van der Waals surface area contributed by atoms with Crippen molar-refractivity contribution in [1.29, 1.82) is 0 Å². The smallest absolute Gasteiger partial charge is 0.416 e. The summed E-state index contributed by atoms with van der Waals surface area (Å²) in [7, 11) is 1.13. The van der Waals surface area contributed by atoms with Gasteiger partial charge in [-0.05, 0) is 30.3 Å². The van der Waals surface area contributed by atoms with E-state index in [0.717, 1.165) is 16.5 Å². The van der Waals surface area contributed by atoms with Crippen LogP contribution < -0.4 is 5.69 Å². The highest BCUT2D eigenvalue weighted by molar-refractivity contribution is 6.32. The number of rotatable bonds is 7. The molecule has 37 heavy (non-hydrogen) atoms. The van der Waals surface area contributed by atoms with Crippen molar-refractivity contribution < 1.29 is 27.8 Å². The number of carbonyl (C=O) groups excluding carboxylic acids is 1. The van der Waals surface area contributed by atoms with Gasteiger partial charge in [-0.3, -0.25) is 9.55 Å². The van der Waals surface area contributed by atoms with Crippen LogP contribution in [-0.4, -0.2) is 64.6 Å². The van der Waals surface area contributed by atoms with Gasteiger partial charge >= 0.3 is 17.8 Å². The first-order valence-electron chi connectivity index (χ1n) is 10.3. The maximum atomic E-state index is 13.1. The van der Waals surface area contributed by atoms with Crippen LogP contribution in [0.3, 0.4) is 0 Å². The van der Waals surface area contributed by atoms with E-state index in [1.165, 1.54) is 42.7 Å². The Balaban J connectivity index is 1.79. The van der Waals surface area contributed by atoms with Crippen molar-refractivity contribution >= 4 is 29.2 Å². The van der Waals surface area contributed by atoms with E-state index in [-0.39, 0.29) is 33.7 Å². The van der Waals surface area contributed by atoms with Crippen LogP contribution in [0.2, 0.25) is 10.0 Å². The Morgan fingerprint density at radius 3 is 2.49 bits per heavy atom. The number of benzene rings is 1. The molecule has 1 atom stereocenters. The summed E-state index contributed by atoms with van der Waals surface area (Å²) in [5, 5.41) is 18.5. The molecule has 3 heterocycles. The first kappa shape index (κ1) is 26.3. The Bertz CT molecular complexity index is 1500. The largest absolute Gasteiger partial charge is 0.463 e. The van der Waals surface area contributed by atoms with Gasteiger partial charge in [-0.1, -0.05) is 23.2 Å². The number of aromatic nitrogens is 7. The summed E-state index contributed by atoms with van der Waals surface area (Å²) < 4.78 is 46.5. The fraction of sp³-hybridized carbons (Fsp3) is 0.238. The zero-order valence-corrected chi connectivity index (χ0v) is 20.2. The van der Waals surface area contributed by atoms with Gasteiger partial charge < -0.3 is 9.84 Å². The zero-order chi connectivity index (χ0) is 26.9. The van der Waals surface area contributed by atoms with Gasteiger partial charge in [0.1, 0.15) is 12.2 Å². The molecular weight excluding hydrogens is 542 g/mol. The van der Waals surface area contributed by atoms with Crippen LogP contribution in [0.15, 0.2) is 47.5 Å². The molecule has 0 bridgehead atoms. The van der Waals surface area contributed by atoms with Crippen LogP contribution in [-0.2, 0) is 17.8 Å². The molecule has 0 radical (unpaired) electrons. The highest BCUT2D eigenvalue weighted by Gasteiger charge is 2.39. The van der Waals surface area contributed by atoms with E-state index in [9.17, 15) is 27.9 Å². The van der Waals surface area contributed by atoms with E-state index in [0.29, 0.717) is 9.59 Å². The molecule has 0 saturated carbocycles. The molecule has 16 heteroatoms. The van der Waals surface area contributed by atoms with Crippen LogP contribution in [0.1, 0.15) is 16.4 Å². The fourth-order valence-corrected chi connectivity index (χ4v) is 3.58. The summed E-state index contributed by atoms with van der Waals surface area (Å²) in [6.07, 6.45) is -5.06. The van der Waals surface area contributed by atoms with Gasteiger partial charge in [0.2, 0.25) is 5.82 Å². The average molecular weight is 558 g/mol. The highest BCUT2D eigenvalue weighted by Crippen LogP contribution is 2.24. The van der Waals surface area contributed by atoms with Gasteiger partial charge in [0.25, 0.3) is 0 Å². The lowest BCUT2D eigenvalue weighted by atomic mass is 10.2. The second kappa shape index (κ2) is 10.3. The normalized spacial score (nSPS) is 12.5. The minimum absolute atomic E-state index is 0.105. The highest BCUT2D eigenvalue weighted by atomic mass is 35.5. The van der Waals surface area contributed by atoms with E-state index in [1.807, 2.05) is 0 Å². The number of alkyl halides is 3. The van der Waals surface area contributed by atoms with E-state index < -0.39 is 37.0 Å². The van der Waals surface area contributed by atoms with E-state index in [1.54, 1.807) is 0 Å². The summed E-state index contributed by atoms with van der Waals surface area (Å²) in [5.74, 6) is -1.42. The van der Waals surface area contributed by atoms with E-state index in [2.05, 4.69) is 20.2 Å². The minimum Gasteiger partial charge on any atom is -0.463 e. The Hall–Kier alpha value is -3.75. The first-order valence-corrected chi connectivity index (χ1v) is 11.1. The molecule has 3 aromatic heterocycles. The maximum Gasteiger partial charge on any atom is 0.416 e. The van der Waals surface area contributed by atoms with Crippen molar-refractivity contribution in [2.45, 2.75) is 25.4 Å². The van der Waals surface area contributed by atoms with Gasteiger partial charge in [0.15, 0.2) is 17.8 Å². The summed E-state index contributed by atoms with van der Waals surface area (Å²) in [4.78, 5) is 33.4. The summed E-state index contributed by atoms with van der Waals surface area (Å²) >= 11 is 12.1. The monoisotopic (exact) mass is 557 g/mol. The molecule has 0 aliphatic carbocycles. The number of hydrogen-bond acceptors (Lipinski definition) is 8. The lowest BCUT2D eigenvalue weighted by Gasteiger charge is -2.15. The van der Waals surface area contributed by atoms with Crippen molar-refractivity contribution in [3.05, 3.63) is 74.9 Å². The van der Waals surface area contributed by atoms with E-state index in [4.69, 9.17) is 27.9 Å². The number of methoxy groups -OCH3 is 1. The summed E-state index contributed by atoms with van der Waals surface area (Å²) in [5.41, 5.74) is -0.523. The van der Waals surface area contributed by atoms with Gasteiger partial charge in [-0.15, -0.1) is 10.2 Å². The van der Waals surface area contributed by atoms with Gasteiger partial charge in [-0.2, -0.15) is 13.2 Å². The standard InChI is InChI=1S/C21H16Cl2F3N7O4/c1-37-19(35)18-28-16(29-33(18)14-8-27-7-6-13(14)23)10-32-20(36)31(9-15(34)21(24,25)26)17(30-32)11-2-4-12(22)5-3-11/h2-8,15,34H,9-10H2,1H3/t15-/m0/s1. The van der Waals surface area contributed by atoms with Crippen LogP contribution in [0.4, 0.5) is 13.2 Å². The minimum atomic E-state index is -4.97. The molecule has 1 N–H and O–H groups in total. The molecule has 4 aromatic rings. The van der Waals surface area contributed by atoms with Crippen molar-refractivity contribution in [2.24, 2.45) is 0 Å². The van der Waals surface area contributed by atoms with Gasteiger partial charge in [-0.25, -0.2) is 23.9 Å². The molecule has 4 rings (SSSR count). The topological polar surface area (TPSA) is 130 Å².